The van der Waals surface area contributed by atoms with Crippen molar-refractivity contribution < 1.29 is 22.6 Å². The van der Waals surface area contributed by atoms with Crippen LogP contribution in [-0.4, -0.2) is 19.0 Å². The molecule has 20 heavy (non-hydrogen) atoms. The van der Waals surface area contributed by atoms with Gasteiger partial charge >= 0.3 is 5.97 Å². The Morgan fingerprint density at radius 3 is 2.45 bits per heavy atom. The third-order valence-corrected chi connectivity index (χ3v) is 3.02. The van der Waals surface area contributed by atoms with Gasteiger partial charge in [-0.2, -0.15) is 0 Å². The summed E-state index contributed by atoms with van der Waals surface area (Å²) in [5.74, 6) is -0.625. The van der Waals surface area contributed by atoms with E-state index in [1.807, 2.05) is 6.92 Å². The van der Waals surface area contributed by atoms with E-state index in [0.29, 0.717) is 12.2 Å². The summed E-state index contributed by atoms with van der Waals surface area (Å²) in [5.41, 5.74) is 0.730. The van der Waals surface area contributed by atoms with E-state index in [1.54, 1.807) is 24.3 Å². The van der Waals surface area contributed by atoms with E-state index in [-0.39, 0.29) is 0 Å². The van der Waals surface area contributed by atoms with E-state index >= 15 is 0 Å². The summed E-state index contributed by atoms with van der Waals surface area (Å²) >= 11 is 5.13. The maximum Gasteiger partial charge on any atom is 0.332 e. The largest absolute Gasteiger partial charge is 0.488 e. The Morgan fingerprint density at radius 1 is 1.30 bits per heavy atom. The van der Waals surface area contributed by atoms with Crippen LogP contribution in [-0.2, 0) is 9.08 Å². The number of carbonyl (C=O) groups excluding carboxylic acids is 1. The third-order valence-electron chi connectivity index (χ3n) is 2.87. The molecule has 1 aromatic rings. The molecule has 0 aliphatic carbocycles. The molecule has 0 aliphatic heterocycles. The summed E-state index contributed by atoms with van der Waals surface area (Å²) in [5, 5.41) is 0. The van der Waals surface area contributed by atoms with E-state index in [9.17, 15) is 13.6 Å². The lowest BCUT2D eigenvalue weighted by Crippen LogP contribution is -2.13. The summed E-state index contributed by atoms with van der Waals surface area (Å²) in [6.07, 6.45) is -0.0838. The minimum atomic E-state index is -2.52. The first-order valence-corrected chi connectivity index (χ1v) is 6.72. The van der Waals surface area contributed by atoms with Gasteiger partial charge in [-0.15, -0.1) is 0 Å². The first-order chi connectivity index (χ1) is 9.58. The number of hydrogen-bond donors (Lipinski definition) is 0. The summed E-state index contributed by atoms with van der Waals surface area (Å²) < 4.78 is 33.2. The molecule has 112 valence electrons. The van der Waals surface area contributed by atoms with Gasteiger partial charge in [0.2, 0.25) is 0 Å². The van der Waals surface area contributed by atoms with Crippen LogP contribution < -0.4 is 4.74 Å². The molecule has 0 heterocycles. The highest BCUT2D eigenvalue weighted by molar-refractivity contribution is 6.13. The molecule has 1 unspecified atom stereocenters. The molecule has 0 fully saturated rings. The number of unbranched alkanes of at least 4 members (excludes halogenated alkanes) is 1. The fourth-order valence-electron chi connectivity index (χ4n) is 1.84. The van der Waals surface area contributed by atoms with Gasteiger partial charge in [0.25, 0.3) is 6.43 Å². The number of alkyl halides is 2. The minimum absolute atomic E-state index is 0.336. The number of halogens is 3. The van der Waals surface area contributed by atoms with E-state index in [4.69, 9.17) is 16.6 Å². The van der Waals surface area contributed by atoms with Crippen LogP contribution in [0, 0.1) is 0 Å². The quantitative estimate of drug-likeness (QED) is 0.718. The summed E-state index contributed by atoms with van der Waals surface area (Å²) in [6.45, 7) is 1.37. The molecule has 0 spiro atoms. The number of hydrogen-bond acceptors (Lipinski definition) is 3. The van der Waals surface area contributed by atoms with Crippen molar-refractivity contribution in [3.63, 3.8) is 0 Å². The number of rotatable bonds is 8. The highest BCUT2D eigenvalue weighted by atomic mass is 35.5. The molecule has 1 aromatic carbocycles. The van der Waals surface area contributed by atoms with Gasteiger partial charge in [0.05, 0.1) is 5.92 Å². The van der Waals surface area contributed by atoms with Crippen molar-refractivity contribution in [2.45, 2.75) is 38.5 Å². The van der Waals surface area contributed by atoms with Gasteiger partial charge in [-0.1, -0.05) is 31.9 Å². The fourth-order valence-corrected chi connectivity index (χ4v) is 1.95. The summed E-state index contributed by atoms with van der Waals surface area (Å²) in [7, 11) is 0. The highest BCUT2D eigenvalue weighted by Crippen LogP contribution is 2.26. The molecule has 0 aromatic heterocycles. The highest BCUT2D eigenvalue weighted by Gasteiger charge is 2.21. The molecule has 1 atom stereocenters. The molecule has 0 bridgehead atoms. The van der Waals surface area contributed by atoms with Gasteiger partial charge in [-0.3, -0.25) is 0 Å². The lowest BCUT2D eigenvalue weighted by Gasteiger charge is -2.14. The lowest BCUT2D eigenvalue weighted by atomic mass is 9.94. The second-order valence-corrected chi connectivity index (χ2v) is 4.52. The van der Waals surface area contributed by atoms with Crippen molar-refractivity contribution in [2.24, 2.45) is 0 Å². The monoisotopic (exact) mass is 306 g/mol. The van der Waals surface area contributed by atoms with Crippen LogP contribution in [0.25, 0.3) is 0 Å². The van der Waals surface area contributed by atoms with E-state index in [1.165, 1.54) is 0 Å². The second kappa shape index (κ2) is 8.74. The summed E-state index contributed by atoms with van der Waals surface area (Å²) in [6, 6.07) is 6.43. The normalized spacial score (nSPS) is 12.2. The van der Waals surface area contributed by atoms with E-state index in [0.717, 1.165) is 18.4 Å². The molecule has 0 saturated heterocycles. The van der Waals surface area contributed by atoms with Crippen LogP contribution >= 0.6 is 11.9 Å². The first-order valence-electron chi connectivity index (χ1n) is 6.41. The van der Waals surface area contributed by atoms with Crippen LogP contribution in [0.2, 0.25) is 0 Å². The van der Waals surface area contributed by atoms with Gasteiger partial charge in [0.15, 0.2) is 0 Å². The number of benzene rings is 1. The molecule has 1 rings (SSSR count). The second-order valence-electron chi connectivity index (χ2n) is 4.36. The average Bonchev–Trinajstić information content (AvgIpc) is 2.46. The van der Waals surface area contributed by atoms with Crippen LogP contribution in [0.3, 0.4) is 0 Å². The average molecular weight is 307 g/mol. The van der Waals surface area contributed by atoms with Crippen LogP contribution in [0.5, 0.6) is 5.75 Å². The van der Waals surface area contributed by atoms with Crippen molar-refractivity contribution in [1.29, 1.82) is 0 Å². The predicted molar refractivity (Wildman–Crippen MR) is 72.2 cm³/mol. The topological polar surface area (TPSA) is 35.5 Å². The standard InChI is InChI=1S/C14H17ClF2O3/c1-2-3-4-12(14(18)20-15)10-5-7-11(8-6-10)19-9-13(16)17/h5-8,12-13H,2-4,9H2,1H3. The van der Waals surface area contributed by atoms with Gasteiger partial charge < -0.3 is 9.03 Å². The molecule has 0 radical (unpaired) electrons. The molecule has 3 nitrogen and oxygen atoms in total. The van der Waals surface area contributed by atoms with Crippen molar-refractivity contribution in [1.82, 2.24) is 0 Å². The Balaban J connectivity index is 2.73. The van der Waals surface area contributed by atoms with Crippen molar-refractivity contribution in [3.8, 4) is 5.75 Å². The van der Waals surface area contributed by atoms with Gasteiger partial charge in [0, 0.05) is 0 Å². The third kappa shape index (κ3) is 5.33. The number of carbonyl (C=O) groups is 1. The van der Waals surface area contributed by atoms with E-state index in [2.05, 4.69) is 4.29 Å². The fraction of sp³-hybridized carbons (Fsp3) is 0.500. The SMILES string of the molecule is CCCCC(C(=O)OCl)c1ccc(OCC(F)F)cc1. The maximum atomic E-state index is 12.0. The molecule has 0 amide bonds. The van der Waals surface area contributed by atoms with Crippen LogP contribution in [0.15, 0.2) is 24.3 Å². The predicted octanol–water partition coefficient (Wildman–Crippen LogP) is 4.30. The van der Waals surface area contributed by atoms with Gasteiger partial charge in [0.1, 0.15) is 24.2 Å². The Hall–Kier alpha value is -1.36. The molecule has 0 aliphatic rings. The minimum Gasteiger partial charge on any atom is -0.488 e. The Labute approximate surface area is 122 Å². The summed E-state index contributed by atoms with van der Waals surface area (Å²) in [4.78, 5) is 11.6. The Kier molecular flexibility index (Phi) is 7.30. The van der Waals surface area contributed by atoms with Gasteiger partial charge in [-0.25, -0.2) is 13.6 Å². The molecular formula is C14H17ClF2O3. The maximum absolute atomic E-state index is 12.0. The smallest absolute Gasteiger partial charge is 0.332 e. The van der Waals surface area contributed by atoms with Crippen LogP contribution in [0.4, 0.5) is 8.78 Å². The zero-order valence-electron chi connectivity index (χ0n) is 11.2. The zero-order chi connectivity index (χ0) is 15.0. The molecule has 0 N–H and O–H groups in total. The molecule has 0 saturated carbocycles. The Bertz CT molecular complexity index is 409. The molecule has 6 heteroatoms. The van der Waals surface area contributed by atoms with Crippen LogP contribution in [0.1, 0.15) is 37.7 Å². The lowest BCUT2D eigenvalue weighted by molar-refractivity contribution is -0.135. The van der Waals surface area contributed by atoms with E-state index < -0.39 is 24.9 Å². The molecular weight excluding hydrogens is 290 g/mol. The first kappa shape index (κ1) is 16.7. The van der Waals surface area contributed by atoms with Crippen molar-refractivity contribution >= 4 is 17.8 Å². The number of ether oxygens (including phenoxy) is 1. The van der Waals surface area contributed by atoms with Crippen molar-refractivity contribution in [3.05, 3.63) is 29.8 Å². The zero-order valence-corrected chi connectivity index (χ0v) is 11.9. The Morgan fingerprint density at radius 2 is 1.95 bits per heavy atom. The van der Waals surface area contributed by atoms with Gasteiger partial charge in [-0.05, 0) is 24.1 Å². The van der Waals surface area contributed by atoms with Crippen molar-refractivity contribution in [2.75, 3.05) is 6.61 Å².